The van der Waals surface area contributed by atoms with E-state index in [9.17, 15) is 0 Å². The van der Waals surface area contributed by atoms with Crippen LogP contribution in [0.4, 0.5) is 0 Å². The molecular formula is C14H12Br2Cl2N2. The first kappa shape index (κ1) is 16.3. The monoisotopic (exact) mass is 436 g/mol. The summed E-state index contributed by atoms with van der Waals surface area (Å²) >= 11 is 18.9. The largest absolute Gasteiger partial charge is 0.322 e. The van der Waals surface area contributed by atoms with Crippen molar-refractivity contribution in [3.05, 3.63) is 66.5 Å². The summed E-state index contributed by atoms with van der Waals surface area (Å²) in [5, 5.41) is 1.23. The van der Waals surface area contributed by atoms with Crippen molar-refractivity contribution in [2.75, 3.05) is 0 Å². The van der Waals surface area contributed by atoms with Gasteiger partial charge in [0.05, 0.1) is 0 Å². The van der Waals surface area contributed by atoms with Gasteiger partial charge in [0.15, 0.2) is 0 Å². The van der Waals surface area contributed by atoms with Crippen LogP contribution in [0.5, 0.6) is 0 Å². The highest BCUT2D eigenvalue weighted by molar-refractivity contribution is 9.10. The molecule has 0 aliphatic heterocycles. The maximum absolute atomic E-state index is 6.25. The first-order valence-electron chi connectivity index (χ1n) is 5.80. The van der Waals surface area contributed by atoms with E-state index in [0.29, 0.717) is 10.0 Å². The van der Waals surface area contributed by atoms with E-state index in [2.05, 4.69) is 31.9 Å². The van der Waals surface area contributed by atoms with Crippen LogP contribution < -0.4 is 11.5 Å². The number of benzene rings is 2. The van der Waals surface area contributed by atoms with Crippen molar-refractivity contribution in [3.63, 3.8) is 0 Å². The van der Waals surface area contributed by atoms with Crippen molar-refractivity contribution >= 4 is 55.1 Å². The van der Waals surface area contributed by atoms with Crippen LogP contribution in [-0.2, 0) is 0 Å². The topological polar surface area (TPSA) is 52.0 Å². The normalized spacial score (nSPS) is 14.1. The van der Waals surface area contributed by atoms with Crippen molar-refractivity contribution in [1.82, 2.24) is 0 Å². The van der Waals surface area contributed by atoms with Crippen molar-refractivity contribution in [1.29, 1.82) is 0 Å². The summed E-state index contributed by atoms with van der Waals surface area (Å²) in [4.78, 5) is 0. The smallest absolute Gasteiger partial charge is 0.0492 e. The van der Waals surface area contributed by atoms with Crippen LogP contribution in [0.25, 0.3) is 0 Å². The molecule has 0 aliphatic rings. The Hall–Kier alpha value is -0.100. The molecule has 0 radical (unpaired) electrons. The molecule has 2 aromatic carbocycles. The molecule has 0 amide bonds. The third-order valence-electron chi connectivity index (χ3n) is 2.93. The molecule has 2 atom stereocenters. The lowest BCUT2D eigenvalue weighted by atomic mass is 9.95. The Bertz CT molecular complexity index is 539. The van der Waals surface area contributed by atoms with Gasteiger partial charge in [0, 0.05) is 31.1 Å². The minimum Gasteiger partial charge on any atom is -0.322 e. The van der Waals surface area contributed by atoms with Crippen molar-refractivity contribution < 1.29 is 0 Å². The molecule has 2 unspecified atom stereocenters. The molecule has 0 bridgehead atoms. The maximum Gasteiger partial charge on any atom is 0.0492 e. The number of rotatable bonds is 3. The van der Waals surface area contributed by atoms with Crippen LogP contribution in [0.2, 0.25) is 10.0 Å². The second kappa shape index (κ2) is 6.77. The van der Waals surface area contributed by atoms with E-state index in [1.54, 1.807) is 12.1 Å². The first-order valence-corrected chi connectivity index (χ1v) is 8.14. The van der Waals surface area contributed by atoms with E-state index in [4.69, 9.17) is 34.7 Å². The molecule has 2 nitrogen and oxygen atoms in total. The predicted molar refractivity (Wildman–Crippen MR) is 92.2 cm³/mol. The highest BCUT2D eigenvalue weighted by Crippen LogP contribution is 2.31. The Kier molecular flexibility index (Phi) is 5.51. The van der Waals surface area contributed by atoms with E-state index in [1.165, 1.54) is 0 Å². The van der Waals surface area contributed by atoms with Crippen LogP contribution in [0.3, 0.4) is 0 Å². The van der Waals surface area contributed by atoms with Gasteiger partial charge in [0.1, 0.15) is 0 Å². The van der Waals surface area contributed by atoms with E-state index in [0.717, 1.165) is 20.1 Å². The summed E-state index contributed by atoms with van der Waals surface area (Å²) in [5.41, 5.74) is 14.2. The SMILES string of the molecule is NC(c1cc(Cl)cc(Br)c1)C(N)c1cc(Cl)cc(Br)c1. The average Bonchev–Trinajstić information content (AvgIpc) is 2.34. The van der Waals surface area contributed by atoms with Crippen molar-refractivity contribution in [2.45, 2.75) is 12.1 Å². The zero-order valence-corrected chi connectivity index (χ0v) is 15.0. The third-order valence-corrected chi connectivity index (χ3v) is 4.28. The quantitative estimate of drug-likeness (QED) is 0.690. The fourth-order valence-corrected chi connectivity index (χ4v) is 3.72. The van der Waals surface area contributed by atoms with Gasteiger partial charge in [0.2, 0.25) is 0 Å². The van der Waals surface area contributed by atoms with E-state index in [1.807, 2.05) is 24.3 Å². The zero-order valence-electron chi connectivity index (χ0n) is 10.3. The standard InChI is InChI=1S/C14H12Br2Cl2N2/c15-9-1-7(3-11(17)5-9)13(19)14(20)8-2-10(16)6-12(18)4-8/h1-6,13-14H,19-20H2. The van der Waals surface area contributed by atoms with Gasteiger partial charge >= 0.3 is 0 Å². The fraction of sp³-hybridized carbons (Fsp3) is 0.143. The van der Waals surface area contributed by atoms with Crippen LogP contribution in [0.1, 0.15) is 23.2 Å². The second-order valence-electron chi connectivity index (χ2n) is 4.46. The lowest BCUT2D eigenvalue weighted by Crippen LogP contribution is -2.26. The first-order chi connectivity index (χ1) is 9.36. The predicted octanol–water partition coefficient (Wildman–Crippen LogP) is 5.22. The number of halogens is 4. The van der Waals surface area contributed by atoms with E-state index in [-0.39, 0.29) is 12.1 Å². The van der Waals surface area contributed by atoms with Gasteiger partial charge < -0.3 is 11.5 Å². The van der Waals surface area contributed by atoms with Crippen molar-refractivity contribution in [2.24, 2.45) is 11.5 Å². The number of nitrogens with two attached hydrogens (primary N) is 2. The zero-order chi connectivity index (χ0) is 14.9. The van der Waals surface area contributed by atoms with Crippen molar-refractivity contribution in [3.8, 4) is 0 Å². The van der Waals surface area contributed by atoms with Crippen LogP contribution >= 0.6 is 55.1 Å². The molecule has 6 heteroatoms. The van der Waals surface area contributed by atoms with Crippen LogP contribution in [0, 0.1) is 0 Å². The Balaban J connectivity index is 2.34. The van der Waals surface area contributed by atoms with Crippen LogP contribution in [0.15, 0.2) is 45.3 Å². The molecule has 20 heavy (non-hydrogen) atoms. The molecule has 0 aromatic heterocycles. The van der Waals surface area contributed by atoms with E-state index < -0.39 is 0 Å². The molecule has 106 valence electrons. The van der Waals surface area contributed by atoms with Gasteiger partial charge in [-0.05, 0) is 47.5 Å². The van der Waals surface area contributed by atoms with Gasteiger partial charge in [-0.1, -0.05) is 55.1 Å². The number of hydrogen-bond donors (Lipinski definition) is 2. The van der Waals surface area contributed by atoms with Gasteiger partial charge in [-0.25, -0.2) is 0 Å². The molecule has 0 heterocycles. The Labute approximate surface area is 144 Å². The summed E-state index contributed by atoms with van der Waals surface area (Å²) in [5.74, 6) is 0. The molecule has 0 saturated heterocycles. The summed E-state index contributed by atoms with van der Waals surface area (Å²) in [6.07, 6.45) is 0. The summed E-state index contributed by atoms with van der Waals surface area (Å²) in [6.45, 7) is 0. The molecule has 0 spiro atoms. The molecule has 0 aliphatic carbocycles. The van der Waals surface area contributed by atoms with E-state index >= 15 is 0 Å². The molecule has 2 aromatic rings. The van der Waals surface area contributed by atoms with Gasteiger partial charge in [-0.15, -0.1) is 0 Å². The minimum absolute atomic E-state index is 0.379. The van der Waals surface area contributed by atoms with Gasteiger partial charge in [0.25, 0.3) is 0 Å². The third kappa shape index (κ3) is 3.97. The lowest BCUT2D eigenvalue weighted by Gasteiger charge is -2.21. The summed E-state index contributed by atoms with van der Waals surface area (Å²) < 4.78 is 1.74. The van der Waals surface area contributed by atoms with Crippen LogP contribution in [-0.4, -0.2) is 0 Å². The lowest BCUT2D eigenvalue weighted by molar-refractivity contribution is 0.574. The highest BCUT2D eigenvalue weighted by atomic mass is 79.9. The molecule has 2 rings (SSSR count). The Morgan fingerprint density at radius 1 is 0.700 bits per heavy atom. The average molecular weight is 439 g/mol. The Morgan fingerprint density at radius 2 is 1.05 bits per heavy atom. The van der Waals surface area contributed by atoms with Gasteiger partial charge in [-0.2, -0.15) is 0 Å². The Morgan fingerprint density at radius 3 is 1.35 bits per heavy atom. The highest BCUT2D eigenvalue weighted by Gasteiger charge is 2.19. The minimum atomic E-state index is -0.379. The number of hydrogen-bond acceptors (Lipinski definition) is 2. The molecular weight excluding hydrogens is 427 g/mol. The summed E-state index contributed by atoms with van der Waals surface area (Å²) in [7, 11) is 0. The molecule has 0 fully saturated rings. The van der Waals surface area contributed by atoms with Gasteiger partial charge in [-0.3, -0.25) is 0 Å². The molecule has 4 N–H and O–H groups in total. The second-order valence-corrected chi connectivity index (χ2v) is 7.16. The molecule has 0 saturated carbocycles. The summed E-state index contributed by atoms with van der Waals surface area (Å²) in [6, 6.07) is 10.3. The fourth-order valence-electron chi connectivity index (χ4n) is 1.95. The maximum atomic E-state index is 6.25.